The van der Waals surface area contributed by atoms with Gasteiger partial charge in [-0.15, -0.1) is 0 Å². The van der Waals surface area contributed by atoms with Crippen LogP contribution in [0, 0.1) is 6.92 Å². The van der Waals surface area contributed by atoms with E-state index >= 15 is 0 Å². The van der Waals surface area contributed by atoms with Gasteiger partial charge in [0.25, 0.3) is 0 Å². The van der Waals surface area contributed by atoms with Crippen molar-refractivity contribution in [3.05, 3.63) is 53.1 Å². The molecule has 7 nitrogen and oxygen atoms in total. The lowest BCUT2D eigenvalue weighted by Crippen LogP contribution is -2.36. The van der Waals surface area contributed by atoms with E-state index in [0.717, 1.165) is 40.4 Å². The maximum Gasteiger partial charge on any atom is 0.191 e. The third kappa shape index (κ3) is 8.02. The standard InChI is InChI=1S/C24H35N3O4/c1-6-30-23-15-19(9-11-21(23)29-5)16-26-24(25-3)27-17-20-10-8-18(2)14-22(20)31-13-7-12-28-4/h8-11,14-15H,6-7,12-13,16-17H2,1-5H3,(H2,25,26,27). The summed E-state index contributed by atoms with van der Waals surface area (Å²) in [6.45, 7) is 7.12. The molecule has 31 heavy (non-hydrogen) atoms. The molecule has 7 heteroatoms. The van der Waals surface area contributed by atoms with Crippen molar-refractivity contribution in [1.82, 2.24) is 10.6 Å². The summed E-state index contributed by atoms with van der Waals surface area (Å²) in [5, 5.41) is 6.70. The van der Waals surface area contributed by atoms with Crippen LogP contribution in [0.3, 0.4) is 0 Å². The topological polar surface area (TPSA) is 73.3 Å². The third-order valence-electron chi connectivity index (χ3n) is 4.63. The number of aryl methyl sites for hydroxylation is 1. The first-order valence-corrected chi connectivity index (χ1v) is 10.6. The van der Waals surface area contributed by atoms with Crippen molar-refractivity contribution >= 4 is 5.96 Å². The molecule has 0 saturated heterocycles. The minimum Gasteiger partial charge on any atom is -0.493 e. The Kier molecular flexibility index (Phi) is 10.5. The molecule has 0 aliphatic rings. The molecule has 0 spiro atoms. The van der Waals surface area contributed by atoms with E-state index in [9.17, 15) is 0 Å². The number of ether oxygens (including phenoxy) is 4. The monoisotopic (exact) mass is 429 g/mol. The van der Waals surface area contributed by atoms with Gasteiger partial charge in [-0.3, -0.25) is 4.99 Å². The molecule has 0 aromatic heterocycles. The van der Waals surface area contributed by atoms with Crippen LogP contribution in [-0.2, 0) is 17.8 Å². The molecule has 0 heterocycles. The van der Waals surface area contributed by atoms with Gasteiger partial charge >= 0.3 is 0 Å². The molecule has 2 N–H and O–H groups in total. The SMILES string of the molecule is CCOc1cc(CNC(=NC)NCc2ccc(C)cc2OCCCOC)ccc1OC. The van der Waals surface area contributed by atoms with Crippen LogP contribution in [0.5, 0.6) is 17.2 Å². The number of benzene rings is 2. The van der Waals surface area contributed by atoms with Crippen molar-refractivity contribution in [3.8, 4) is 17.2 Å². The van der Waals surface area contributed by atoms with Crippen LogP contribution in [0.1, 0.15) is 30.0 Å². The second-order valence-corrected chi connectivity index (χ2v) is 7.00. The summed E-state index contributed by atoms with van der Waals surface area (Å²) >= 11 is 0. The first kappa shape index (κ1) is 24.3. The Bertz CT molecular complexity index is 840. The molecule has 0 unspecified atom stereocenters. The third-order valence-corrected chi connectivity index (χ3v) is 4.63. The summed E-state index contributed by atoms with van der Waals surface area (Å²) in [5.41, 5.74) is 3.32. The number of nitrogens with zero attached hydrogens (tertiary/aromatic N) is 1. The molecule has 0 atom stereocenters. The largest absolute Gasteiger partial charge is 0.493 e. The molecule has 0 aliphatic carbocycles. The summed E-state index contributed by atoms with van der Waals surface area (Å²) in [5.74, 6) is 3.06. The molecule has 0 bridgehead atoms. The highest BCUT2D eigenvalue weighted by atomic mass is 16.5. The van der Waals surface area contributed by atoms with Gasteiger partial charge < -0.3 is 29.6 Å². The molecule has 2 rings (SSSR count). The van der Waals surface area contributed by atoms with Crippen LogP contribution in [0.4, 0.5) is 0 Å². The van der Waals surface area contributed by atoms with E-state index in [2.05, 4.69) is 40.7 Å². The zero-order valence-corrected chi connectivity index (χ0v) is 19.3. The van der Waals surface area contributed by atoms with Gasteiger partial charge in [0.05, 0.1) is 20.3 Å². The minimum atomic E-state index is 0.586. The molecule has 0 amide bonds. The van der Waals surface area contributed by atoms with Gasteiger partial charge in [0.2, 0.25) is 0 Å². The predicted molar refractivity (Wildman–Crippen MR) is 124 cm³/mol. The number of methoxy groups -OCH3 is 2. The predicted octanol–water partition coefficient (Wildman–Crippen LogP) is 3.68. The van der Waals surface area contributed by atoms with Crippen LogP contribution < -0.4 is 24.8 Å². The highest BCUT2D eigenvalue weighted by Gasteiger charge is 2.08. The Balaban J connectivity index is 1.95. The lowest BCUT2D eigenvalue weighted by molar-refractivity contribution is 0.171. The smallest absolute Gasteiger partial charge is 0.191 e. The van der Waals surface area contributed by atoms with Crippen molar-refractivity contribution in [2.24, 2.45) is 4.99 Å². The molecule has 2 aromatic carbocycles. The van der Waals surface area contributed by atoms with Crippen LogP contribution in [0.15, 0.2) is 41.4 Å². The van der Waals surface area contributed by atoms with Crippen LogP contribution >= 0.6 is 0 Å². The molecular formula is C24H35N3O4. The Hall–Kier alpha value is -2.93. The van der Waals surface area contributed by atoms with E-state index < -0.39 is 0 Å². The van der Waals surface area contributed by atoms with Crippen molar-refractivity contribution in [3.63, 3.8) is 0 Å². The average Bonchev–Trinajstić information content (AvgIpc) is 2.78. The molecule has 0 saturated carbocycles. The Morgan fingerprint density at radius 2 is 1.71 bits per heavy atom. The van der Waals surface area contributed by atoms with E-state index in [1.165, 1.54) is 0 Å². The summed E-state index contributed by atoms with van der Waals surface area (Å²) in [4.78, 5) is 4.33. The maximum absolute atomic E-state index is 5.97. The van der Waals surface area contributed by atoms with E-state index in [1.807, 2.05) is 25.1 Å². The number of nitrogens with one attached hydrogen (secondary N) is 2. The van der Waals surface area contributed by atoms with E-state index in [-0.39, 0.29) is 0 Å². The molecule has 0 aliphatic heterocycles. The molecule has 170 valence electrons. The van der Waals surface area contributed by atoms with Crippen LogP contribution in [0.2, 0.25) is 0 Å². The van der Waals surface area contributed by atoms with Gasteiger partial charge in [-0.25, -0.2) is 0 Å². The van der Waals surface area contributed by atoms with Gasteiger partial charge in [-0.2, -0.15) is 0 Å². The highest BCUT2D eigenvalue weighted by molar-refractivity contribution is 5.79. The Labute approximate surface area is 185 Å². The quantitative estimate of drug-likeness (QED) is 0.305. The fraction of sp³-hybridized carbons (Fsp3) is 0.458. The van der Waals surface area contributed by atoms with Crippen molar-refractivity contribution in [2.45, 2.75) is 33.4 Å². The molecular weight excluding hydrogens is 394 g/mol. The minimum absolute atomic E-state index is 0.586. The van der Waals surface area contributed by atoms with Crippen molar-refractivity contribution in [1.29, 1.82) is 0 Å². The van der Waals surface area contributed by atoms with E-state index in [0.29, 0.717) is 38.9 Å². The van der Waals surface area contributed by atoms with Crippen molar-refractivity contribution < 1.29 is 18.9 Å². The number of rotatable bonds is 12. The lowest BCUT2D eigenvalue weighted by Gasteiger charge is -2.16. The normalized spacial score (nSPS) is 11.2. The average molecular weight is 430 g/mol. The zero-order chi connectivity index (χ0) is 22.5. The molecule has 2 aromatic rings. The van der Waals surface area contributed by atoms with Gasteiger partial charge in [0, 0.05) is 45.8 Å². The molecule has 0 radical (unpaired) electrons. The second kappa shape index (κ2) is 13.4. The number of aliphatic imine (C=N–C) groups is 1. The van der Waals surface area contributed by atoms with E-state index in [1.54, 1.807) is 21.3 Å². The maximum atomic E-state index is 5.97. The Morgan fingerprint density at radius 3 is 2.42 bits per heavy atom. The summed E-state index contributed by atoms with van der Waals surface area (Å²) in [7, 11) is 5.10. The molecule has 0 fully saturated rings. The fourth-order valence-electron chi connectivity index (χ4n) is 3.01. The van der Waals surface area contributed by atoms with Gasteiger partial charge in [0.1, 0.15) is 5.75 Å². The van der Waals surface area contributed by atoms with Gasteiger partial charge in [-0.05, 0) is 43.2 Å². The number of hydrogen-bond donors (Lipinski definition) is 2. The summed E-state index contributed by atoms with van der Waals surface area (Å²) in [6.07, 6.45) is 0.853. The lowest BCUT2D eigenvalue weighted by atomic mass is 10.1. The van der Waals surface area contributed by atoms with Crippen LogP contribution in [0.25, 0.3) is 0 Å². The Morgan fingerprint density at radius 1 is 0.903 bits per heavy atom. The van der Waals surface area contributed by atoms with Crippen LogP contribution in [-0.4, -0.2) is 47.0 Å². The zero-order valence-electron chi connectivity index (χ0n) is 19.3. The number of guanidine groups is 1. The summed E-state index contributed by atoms with van der Waals surface area (Å²) < 4.78 is 22.1. The van der Waals surface area contributed by atoms with Gasteiger partial charge in [-0.1, -0.05) is 18.2 Å². The number of hydrogen-bond acceptors (Lipinski definition) is 5. The summed E-state index contributed by atoms with van der Waals surface area (Å²) in [6, 6.07) is 12.1. The van der Waals surface area contributed by atoms with Gasteiger partial charge in [0.15, 0.2) is 17.5 Å². The first-order valence-electron chi connectivity index (χ1n) is 10.6. The van der Waals surface area contributed by atoms with E-state index in [4.69, 9.17) is 18.9 Å². The highest BCUT2D eigenvalue weighted by Crippen LogP contribution is 2.28. The second-order valence-electron chi connectivity index (χ2n) is 7.00. The van der Waals surface area contributed by atoms with Crippen molar-refractivity contribution in [2.75, 3.05) is 41.1 Å². The fourth-order valence-corrected chi connectivity index (χ4v) is 3.01. The first-order chi connectivity index (χ1) is 15.1.